The summed E-state index contributed by atoms with van der Waals surface area (Å²) in [6.45, 7) is 1.66. The van der Waals surface area contributed by atoms with E-state index in [1.807, 2.05) is 0 Å². The lowest BCUT2D eigenvalue weighted by Crippen LogP contribution is -2.53. The molecule has 0 aromatic carbocycles. The highest BCUT2D eigenvalue weighted by Crippen LogP contribution is 2.23. The zero-order chi connectivity index (χ0) is 14.3. The van der Waals surface area contributed by atoms with Gasteiger partial charge in [-0.25, -0.2) is 0 Å². The molecule has 0 aromatic rings. The molecule has 110 valence electrons. The van der Waals surface area contributed by atoms with Crippen molar-refractivity contribution in [1.29, 1.82) is 0 Å². The van der Waals surface area contributed by atoms with Crippen molar-refractivity contribution >= 4 is 24.4 Å². The molecule has 1 atom stereocenters. The maximum absolute atomic E-state index is 12.5. The van der Waals surface area contributed by atoms with E-state index in [1.165, 1.54) is 13.3 Å². The van der Waals surface area contributed by atoms with E-state index in [0.717, 1.165) is 25.7 Å². The van der Waals surface area contributed by atoms with E-state index in [4.69, 9.17) is 5.11 Å². The Morgan fingerprint density at radius 2 is 2.00 bits per heavy atom. The van der Waals surface area contributed by atoms with Gasteiger partial charge >= 0.3 is 0 Å². The van der Waals surface area contributed by atoms with Gasteiger partial charge in [0.05, 0.1) is 6.61 Å². The maximum Gasteiger partial charge on any atom is 0.246 e. The van der Waals surface area contributed by atoms with E-state index in [1.54, 1.807) is 4.90 Å². The molecule has 19 heavy (non-hydrogen) atoms. The topological polar surface area (TPSA) is 69.6 Å². The van der Waals surface area contributed by atoms with E-state index in [0.29, 0.717) is 6.54 Å². The van der Waals surface area contributed by atoms with Gasteiger partial charge in [0, 0.05) is 25.3 Å². The molecule has 0 radical (unpaired) electrons. The summed E-state index contributed by atoms with van der Waals surface area (Å²) < 4.78 is 0. The smallest absolute Gasteiger partial charge is 0.246 e. The summed E-state index contributed by atoms with van der Waals surface area (Å²) in [7, 11) is 0. The fourth-order valence-corrected chi connectivity index (χ4v) is 2.85. The molecule has 0 aliphatic heterocycles. The van der Waals surface area contributed by atoms with E-state index >= 15 is 0 Å². The number of hydrogen-bond donors (Lipinski definition) is 3. The molecule has 0 heterocycles. The Morgan fingerprint density at radius 3 is 2.47 bits per heavy atom. The molecule has 5 nitrogen and oxygen atoms in total. The fourth-order valence-electron chi connectivity index (χ4n) is 2.60. The number of nitrogens with zero attached hydrogens (tertiary/aromatic N) is 1. The Kier molecular flexibility index (Phi) is 7.23. The number of nitrogens with one attached hydrogen (secondary N) is 1. The van der Waals surface area contributed by atoms with E-state index in [2.05, 4.69) is 17.9 Å². The molecular formula is C13H24N2O3S. The quantitative estimate of drug-likeness (QED) is 0.626. The first-order chi connectivity index (χ1) is 9.10. The number of hydrogen-bond acceptors (Lipinski definition) is 4. The SMILES string of the molecule is CC(=O)NC(CS)C(=O)N(CCO)C1CCCCC1. The first-order valence-electron chi connectivity index (χ1n) is 6.89. The molecule has 0 saturated heterocycles. The molecule has 1 aliphatic carbocycles. The average Bonchev–Trinajstić information content (AvgIpc) is 2.42. The molecule has 1 fully saturated rings. The third kappa shape index (κ3) is 5.03. The monoisotopic (exact) mass is 288 g/mol. The summed E-state index contributed by atoms with van der Waals surface area (Å²) in [4.78, 5) is 25.3. The van der Waals surface area contributed by atoms with E-state index < -0.39 is 6.04 Å². The van der Waals surface area contributed by atoms with Crippen molar-refractivity contribution in [3.05, 3.63) is 0 Å². The van der Waals surface area contributed by atoms with Gasteiger partial charge in [-0.1, -0.05) is 19.3 Å². The normalized spacial score (nSPS) is 17.8. The summed E-state index contributed by atoms with van der Waals surface area (Å²) in [5.41, 5.74) is 0. The van der Waals surface area contributed by atoms with Crippen molar-refractivity contribution in [1.82, 2.24) is 10.2 Å². The van der Waals surface area contributed by atoms with Gasteiger partial charge in [0.2, 0.25) is 11.8 Å². The Morgan fingerprint density at radius 1 is 1.37 bits per heavy atom. The molecule has 2 N–H and O–H groups in total. The van der Waals surface area contributed by atoms with Crippen molar-refractivity contribution in [3.8, 4) is 0 Å². The maximum atomic E-state index is 12.5. The zero-order valence-corrected chi connectivity index (χ0v) is 12.4. The highest BCUT2D eigenvalue weighted by molar-refractivity contribution is 7.80. The van der Waals surface area contributed by atoms with Gasteiger partial charge in [0.1, 0.15) is 6.04 Å². The fraction of sp³-hybridized carbons (Fsp3) is 0.846. The zero-order valence-electron chi connectivity index (χ0n) is 11.5. The number of thiol groups is 1. The van der Waals surface area contributed by atoms with E-state index in [-0.39, 0.29) is 30.2 Å². The van der Waals surface area contributed by atoms with Crippen LogP contribution < -0.4 is 5.32 Å². The Bertz CT molecular complexity index is 306. The van der Waals surface area contributed by atoms with Crippen LogP contribution in [-0.2, 0) is 9.59 Å². The van der Waals surface area contributed by atoms with Gasteiger partial charge in [0.15, 0.2) is 0 Å². The Labute approximate surface area is 120 Å². The average molecular weight is 288 g/mol. The standard InChI is InChI=1S/C13H24N2O3S/c1-10(17)14-12(9-19)13(18)15(7-8-16)11-5-3-2-4-6-11/h11-12,16,19H,2-9H2,1H3,(H,14,17). The predicted octanol–water partition coefficient (Wildman–Crippen LogP) is 0.574. The Hall–Kier alpha value is -0.750. The van der Waals surface area contributed by atoms with Crippen LogP contribution in [0.25, 0.3) is 0 Å². The predicted molar refractivity (Wildman–Crippen MR) is 77.1 cm³/mol. The Balaban J connectivity index is 2.71. The highest BCUT2D eigenvalue weighted by atomic mass is 32.1. The van der Waals surface area contributed by atoms with Gasteiger partial charge in [-0.2, -0.15) is 12.6 Å². The third-order valence-electron chi connectivity index (χ3n) is 3.50. The minimum atomic E-state index is -0.602. The highest BCUT2D eigenvalue weighted by Gasteiger charge is 2.29. The molecule has 2 amide bonds. The van der Waals surface area contributed by atoms with Gasteiger partial charge in [-0.05, 0) is 12.8 Å². The van der Waals surface area contributed by atoms with Crippen LogP contribution in [0.5, 0.6) is 0 Å². The van der Waals surface area contributed by atoms with Gasteiger partial charge in [-0.3, -0.25) is 9.59 Å². The second-order valence-electron chi connectivity index (χ2n) is 4.98. The number of carbonyl (C=O) groups excluding carboxylic acids is 2. The molecular weight excluding hydrogens is 264 g/mol. The first kappa shape index (κ1) is 16.3. The van der Waals surface area contributed by atoms with Gasteiger partial charge in [0.25, 0.3) is 0 Å². The lowest BCUT2D eigenvalue weighted by atomic mass is 9.93. The number of aliphatic hydroxyl groups is 1. The summed E-state index contributed by atoms with van der Waals surface area (Å²) in [6, 6.07) is -0.418. The summed E-state index contributed by atoms with van der Waals surface area (Å²) in [5.74, 6) is -0.0984. The molecule has 6 heteroatoms. The minimum Gasteiger partial charge on any atom is -0.395 e. The lowest BCUT2D eigenvalue weighted by Gasteiger charge is -2.36. The number of aliphatic hydroxyl groups excluding tert-OH is 1. The van der Waals surface area contributed by atoms with Crippen LogP contribution >= 0.6 is 12.6 Å². The van der Waals surface area contributed by atoms with Crippen LogP contribution in [0.3, 0.4) is 0 Å². The van der Waals surface area contributed by atoms with Crippen LogP contribution in [0.4, 0.5) is 0 Å². The molecule has 1 saturated carbocycles. The lowest BCUT2D eigenvalue weighted by molar-refractivity contribution is -0.138. The minimum absolute atomic E-state index is 0.0540. The summed E-state index contributed by atoms with van der Waals surface area (Å²) >= 11 is 4.13. The van der Waals surface area contributed by atoms with Gasteiger partial charge in [-0.15, -0.1) is 0 Å². The number of amides is 2. The van der Waals surface area contributed by atoms with Crippen LogP contribution in [0.2, 0.25) is 0 Å². The van der Waals surface area contributed by atoms with Crippen LogP contribution in [-0.4, -0.2) is 52.8 Å². The van der Waals surface area contributed by atoms with Crippen molar-refractivity contribution in [3.63, 3.8) is 0 Å². The van der Waals surface area contributed by atoms with Crippen molar-refractivity contribution in [2.24, 2.45) is 0 Å². The largest absolute Gasteiger partial charge is 0.395 e. The first-order valence-corrected chi connectivity index (χ1v) is 7.52. The molecule has 0 spiro atoms. The second-order valence-corrected chi connectivity index (χ2v) is 5.35. The molecule has 0 aromatic heterocycles. The summed E-state index contributed by atoms with van der Waals surface area (Å²) in [6.07, 6.45) is 5.40. The third-order valence-corrected chi connectivity index (χ3v) is 3.86. The van der Waals surface area contributed by atoms with Crippen LogP contribution in [0, 0.1) is 0 Å². The van der Waals surface area contributed by atoms with Crippen LogP contribution in [0.1, 0.15) is 39.0 Å². The van der Waals surface area contributed by atoms with Crippen LogP contribution in [0.15, 0.2) is 0 Å². The van der Waals surface area contributed by atoms with Crippen molar-refractivity contribution in [2.45, 2.75) is 51.1 Å². The summed E-state index contributed by atoms with van der Waals surface area (Å²) in [5, 5.41) is 11.8. The molecule has 1 unspecified atom stereocenters. The molecule has 1 aliphatic rings. The van der Waals surface area contributed by atoms with Crippen molar-refractivity contribution < 1.29 is 14.7 Å². The number of rotatable bonds is 6. The number of carbonyl (C=O) groups is 2. The molecule has 1 rings (SSSR count). The van der Waals surface area contributed by atoms with Crippen molar-refractivity contribution in [2.75, 3.05) is 18.9 Å². The van der Waals surface area contributed by atoms with Gasteiger partial charge < -0.3 is 15.3 Å². The second kappa shape index (κ2) is 8.43. The van der Waals surface area contributed by atoms with E-state index in [9.17, 15) is 9.59 Å². The molecule has 0 bridgehead atoms.